The Balaban J connectivity index is 0.000000252. The lowest BCUT2D eigenvalue weighted by Crippen LogP contribution is -2.36. The van der Waals surface area contributed by atoms with Crippen molar-refractivity contribution in [3.63, 3.8) is 0 Å². The molecule has 5 fully saturated rings. The zero-order valence-electron chi connectivity index (χ0n) is 84.0. The van der Waals surface area contributed by atoms with Gasteiger partial charge in [-0.2, -0.15) is 24.9 Å². The van der Waals surface area contributed by atoms with E-state index < -0.39 is 130 Å². The molecule has 0 bridgehead atoms. The lowest BCUT2D eigenvalue weighted by Gasteiger charge is -2.32. The zero-order valence-corrected chi connectivity index (χ0v) is 68.0. The van der Waals surface area contributed by atoms with Crippen LogP contribution in [0.25, 0.3) is 0 Å². The van der Waals surface area contributed by atoms with E-state index in [2.05, 4.69) is 103 Å². The minimum absolute atomic E-state index is 0.0100. The average molecular weight is 1620 g/mol. The van der Waals surface area contributed by atoms with Crippen LogP contribution in [0.1, 0.15) is 308 Å². The van der Waals surface area contributed by atoms with Crippen molar-refractivity contribution in [2.45, 2.75) is 323 Å². The molecule has 5 aliphatic rings. The molecule has 0 radical (unpaired) electrons. The Labute approximate surface area is 700 Å². The third-order valence-electron chi connectivity index (χ3n) is 19.8. The molecule has 5 heterocycles. The fourth-order valence-electron chi connectivity index (χ4n) is 13.1. The van der Waals surface area contributed by atoms with Crippen LogP contribution in [0.5, 0.6) is 0 Å². The normalized spacial score (nSPS) is 27.7. The molecule has 35 nitrogen and oxygen atoms in total. The predicted octanol–water partition coefficient (Wildman–Crippen LogP) is 8.74. The topological polar surface area (TPSA) is 566 Å². The molecule has 25 N–H and O–H groups in total. The Kier molecular flexibility index (Phi) is 25.6. The number of primary amides is 5. The van der Waals surface area contributed by atoms with Gasteiger partial charge in [-0.25, -0.2) is 24.9 Å². The highest BCUT2D eigenvalue weighted by Crippen LogP contribution is 2.34. The van der Waals surface area contributed by atoms with Crippen molar-refractivity contribution in [3.8, 4) is 0 Å². The molecular weight excluding hydrogens is 1470 g/mol. The fraction of sp³-hybridized carbons (Fsp3) is 0.688. The van der Waals surface area contributed by atoms with Gasteiger partial charge in [0.1, 0.15) is 29.1 Å². The van der Waals surface area contributed by atoms with Crippen molar-refractivity contribution in [1.29, 1.82) is 0 Å². The first-order valence-corrected chi connectivity index (χ1v) is 38.6. The maximum absolute atomic E-state index is 11.8. The number of carbonyl (C=O) groups excluding carboxylic acids is 5. The van der Waals surface area contributed by atoms with Gasteiger partial charge in [-0.1, -0.05) is 34.6 Å². The van der Waals surface area contributed by atoms with Crippen LogP contribution >= 0.6 is 0 Å². The summed E-state index contributed by atoms with van der Waals surface area (Å²) < 4.78 is 122. The molecule has 640 valence electrons. The lowest BCUT2D eigenvalue weighted by atomic mass is 9.85. The molecule has 115 heavy (non-hydrogen) atoms. The molecule has 0 aromatic carbocycles. The summed E-state index contributed by atoms with van der Waals surface area (Å²) in [5, 5.41) is 80.0. The Morgan fingerprint density at radius 1 is 0.322 bits per heavy atom. The molecule has 0 aliphatic heterocycles. The molecule has 16 atom stereocenters. The number of nitrogens with one attached hydrogen (secondary N) is 10. The number of aliphatic hydroxyl groups is 5. The second-order valence-electron chi connectivity index (χ2n) is 33.2. The highest BCUT2D eigenvalue weighted by atomic mass is 16.3. The van der Waals surface area contributed by atoms with Crippen LogP contribution in [-0.4, -0.2) is 193 Å². The van der Waals surface area contributed by atoms with Crippen molar-refractivity contribution in [2.24, 2.45) is 58.3 Å². The van der Waals surface area contributed by atoms with E-state index in [1.54, 1.807) is 13.8 Å². The van der Waals surface area contributed by atoms with Crippen LogP contribution in [-0.2, 0) is 0 Å². The summed E-state index contributed by atoms with van der Waals surface area (Å²) in [7, 11) is 0. The van der Waals surface area contributed by atoms with Gasteiger partial charge >= 0.3 is 0 Å². The third-order valence-corrected chi connectivity index (χ3v) is 19.8. The molecule has 5 aliphatic carbocycles. The number of hydrogen-bond donors (Lipinski definition) is 20. The zero-order chi connectivity index (χ0) is 98.7. The molecule has 0 saturated heterocycles. The molecule has 5 amide bonds. The van der Waals surface area contributed by atoms with Gasteiger partial charge in [0.2, 0.25) is 29.7 Å². The molecule has 10 rings (SSSR count). The fourth-order valence-corrected chi connectivity index (χ4v) is 13.1. The van der Waals surface area contributed by atoms with Crippen molar-refractivity contribution in [3.05, 3.63) is 58.8 Å². The number of carbonyl (C=O) groups is 5. The Morgan fingerprint density at radius 2 is 0.522 bits per heavy atom. The number of nitrogens with zero attached hydrogens (tertiary/aromatic N) is 10. The van der Waals surface area contributed by atoms with E-state index in [1.807, 2.05) is 48.5 Å². The first-order chi connectivity index (χ1) is 60.7. The van der Waals surface area contributed by atoms with E-state index >= 15 is 0 Å². The average Bonchev–Trinajstić information content (AvgIpc) is 0.791. The summed E-state index contributed by atoms with van der Waals surface area (Å²) in [5.41, 5.74) is 21.2. The smallest absolute Gasteiger partial charge is 0.254 e. The van der Waals surface area contributed by atoms with Gasteiger partial charge < -0.3 is 107 Å². The highest BCUT2D eigenvalue weighted by Gasteiger charge is 2.34. The van der Waals surface area contributed by atoms with Crippen molar-refractivity contribution in [1.82, 2.24) is 49.8 Å². The Bertz CT molecular complexity index is 4580. The molecule has 16 unspecified atom stereocenters. The van der Waals surface area contributed by atoms with E-state index in [-0.39, 0.29) is 142 Å². The van der Waals surface area contributed by atoms with Gasteiger partial charge in [0.25, 0.3) is 29.5 Å². The highest BCUT2D eigenvalue weighted by molar-refractivity contribution is 6.00. The molecule has 5 aromatic rings. The van der Waals surface area contributed by atoms with Gasteiger partial charge in [-0.3, -0.25) is 24.0 Å². The number of aromatic nitrogens is 10. The van der Waals surface area contributed by atoms with Gasteiger partial charge in [-0.15, -0.1) is 0 Å². The van der Waals surface area contributed by atoms with Crippen LogP contribution in [0.4, 0.5) is 58.8 Å². The standard InChI is InChI=1S/5C16H27N5O2/c5*1-9-5-6-10(7-12(9)22)19-14-11(13(17)23)8-18-15(20-14)21-16(2,3)4/h5*8-10,12,22H,5-7H2,1-4H3,(H2,17,23)(H2,18,19,20,21)/i2D2,3D2,4D2;2D,3D3;2D3;2D2;2D. The van der Waals surface area contributed by atoms with Crippen molar-refractivity contribution >= 4 is 88.4 Å². The molecule has 0 spiro atoms. The summed E-state index contributed by atoms with van der Waals surface area (Å²) in [5.74, 6) is -0.747. The summed E-state index contributed by atoms with van der Waals surface area (Å²) in [6.07, 6.45) is 15.2. The Hall–Kier alpha value is -9.45. The minimum Gasteiger partial charge on any atom is -0.393 e. The van der Waals surface area contributed by atoms with Crippen molar-refractivity contribution < 1.29 is 71.4 Å². The third kappa shape index (κ3) is 31.9. The first kappa shape index (κ1) is 72.0. The van der Waals surface area contributed by atoms with Gasteiger partial charge in [-0.05, 0) is 229 Å². The maximum atomic E-state index is 11.8. The molecule has 5 aromatic heterocycles. The summed E-state index contributed by atoms with van der Waals surface area (Å²) in [6.45, 7) is 9.80. The molecule has 35 heteroatoms. The predicted molar refractivity (Wildman–Crippen MR) is 452 cm³/mol. The van der Waals surface area contributed by atoms with E-state index in [4.69, 9.17) is 50.6 Å². The summed E-state index contributed by atoms with van der Waals surface area (Å²) in [6, 6.07) is -0.312. The molecule has 5 saturated carbocycles. The largest absolute Gasteiger partial charge is 0.393 e. The van der Waals surface area contributed by atoms with Crippen LogP contribution in [0.2, 0.25) is 0 Å². The first-order valence-electron chi connectivity index (χ1n) is 47.7. The monoisotopic (exact) mass is 1620 g/mol. The second kappa shape index (κ2) is 40.9. The number of aliphatic hydroxyl groups excluding tert-OH is 5. The van der Waals surface area contributed by atoms with Gasteiger partial charge in [0.15, 0.2) is 0 Å². The number of anilines is 10. The van der Waals surface area contributed by atoms with E-state index in [1.165, 1.54) is 45.6 Å². The van der Waals surface area contributed by atoms with Gasteiger partial charge in [0, 0.05) is 111 Å². The van der Waals surface area contributed by atoms with E-state index in [0.717, 1.165) is 70.4 Å². The minimum atomic E-state index is -2.45. The maximum Gasteiger partial charge on any atom is 0.254 e. The summed E-state index contributed by atoms with van der Waals surface area (Å²) in [4.78, 5) is 99.8. The van der Waals surface area contributed by atoms with E-state index in [9.17, 15) is 49.5 Å². The number of hydrogen-bond acceptors (Lipinski definition) is 30. The Morgan fingerprint density at radius 3 is 0.713 bits per heavy atom. The van der Waals surface area contributed by atoms with Crippen molar-refractivity contribution in [2.75, 3.05) is 53.2 Å². The van der Waals surface area contributed by atoms with Crippen LogP contribution in [0.3, 0.4) is 0 Å². The van der Waals surface area contributed by atoms with Gasteiger partial charge in [0.05, 0.1) is 58.3 Å². The number of amides is 5. The number of nitrogens with two attached hydrogens (primary N) is 5. The quantitative estimate of drug-likeness (QED) is 0.0346. The van der Waals surface area contributed by atoms with Crippen LogP contribution in [0, 0.1) is 29.6 Å². The van der Waals surface area contributed by atoms with Crippen LogP contribution in [0.15, 0.2) is 31.0 Å². The SMILES string of the molecule is [2H]C([2H])([2H])C(C)(C)Nc1ncc(C(N)=O)c(NC2CCC(C)C(O)C2)n1.[2H]C([2H])C(C)(C)Nc1ncc(C(N)=O)c(NC2CCC(C)C(O)C2)n1.[2H]C([2H])C(Nc1ncc(C(N)=O)c(NC2CCC(C)C(O)C2)n1)(C([2H])[2H])C([2H])[2H].[2H]CC(C)(C)Nc1ncc(C(N)=O)c(NC2CCC(C)C(O)C2)n1.[2H]CC(C)(Nc1ncc(C(N)=O)c(NC2CCC(C)C(O)C2)n1)C([2H])([2H])[2H]. The molecular formula is C80H135N25O10. The van der Waals surface area contributed by atoms with E-state index in [0.29, 0.717) is 49.7 Å². The number of rotatable bonds is 20. The summed E-state index contributed by atoms with van der Waals surface area (Å²) >= 11 is 0. The lowest BCUT2D eigenvalue weighted by molar-refractivity contribution is 0.0737. The van der Waals surface area contributed by atoms with Crippen LogP contribution < -0.4 is 81.8 Å². The second-order valence-corrected chi connectivity index (χ2v) is 33.2.